The van der Waals surface area contributed by atoms with Crippen molar-refractivity contribution >= 4 is 35.7 Å². The molecule has 3 amide bonds. The molecule has 0 aromatic carbocycles. The van der Waals surface area contributed by atoms with Crippen molar-refractivity contribution in [2.75, 3.05) is 18.6 Å². The highest BCUT2D eigenvalue weighted by Crippen LogP contribution is 2.35. The first-order valence-electron chi connectivity index (χ1n) is 15.4. The predicted molar refractivity (Wildman–Crippen MR) is 171 cm³/mol. The minimum absolute atomic E-state index is 0.0162. The summed E-state index contributed by atoms with van der Waals surface area (Å²) in [4.78, 5) is 60.7. The van der Waals surface area contributed by atoms with Crippen molar-refractivity contribution in [1.29, 1.82) is 0 Å². The number of hydrogen-bond donors (Lipinski definition) is 0. The third-order valence-corrected chi connectivity index (χ3v) is 6.97. The quantitative estimate of drug-likeness (QED) is 0.259. The van der Waals surface area contributed by atoms with Crippen LogP contribution in [0.2, 0.25) is 0 Å². The first-order chi connectivity index (χ1) is 21.7. The lowest BCUT2D eigenvalue weighted by Gasteiger charge is -2.38. The van der Waals surface area contributed by atoms with E-state index in [0.717, 1.165) is 4.90 Å². The zero-order valence-electron chi connectivity index (χ0n) is 29.0. The normalized spacial score (nSPS) is 17.3. The number of piperidine rings is 1. The molecule has 1 fully saturated rings. The molecule has 47 heavy (non-hydrogen) atoms. The summed E-state index contributed by atoms with van der Waals surface area (Å²) in [5, 5.41) is 8.78. The van der Waals surface area contributed by atoms with Crippen molar-refractivity contribution in [3.63, 3.8) is 0 Å². The molecule has 2 unspecified atom stereocenters. The van der Waals surface area contributed by atoms with Gasteiger partial charge in [-0.25, -0.2) is 24.2 Å². The number of imide groups is 1. The molecular weight excluding hydrogens is 610 g/mol. The van der Waals surface area contributed by atoms with Crippen LogP contribution >= 0.6 is 0 Å². The van der Waals surface area contributed by atoms with Crippen LogP contribution in [0.4, 0.5) is 20.2 Å². The van der Waals surface area contributed by atoms with E-state index in [1.54, 1.807) is 98.7 Å². The van der Waals surface area contributed by atoms with Crippen LogP contribution in [-0.4, -0.2) is 90.0 Å². The number of nitrogens with zero attached hydrogens (tertiary/aromatic N) is 7. The van der Waals surface area contributed by atoms with Crippen LogP contribution < -0.4 is 4.90 Å². The minimum Gasteiger partial charge on any atom is -0.467 e. The molecule has 2 atom stereocenters. The number of hydrogen-bond acceptors (Lipinski definition) is 11. The molecule has 1 aliphatic heterocycles. The number of carbonyl (C=O) groups excluding carboxylic acids is 4. The zero-order chi connectivity index (χ0) is 35.1. The number of aromatic nitrogens is 5. The second-order valence-corrected chi connectivity index (χ2v) is 14.5. The maximum atomic E-state index is 13.7. The molecule has 1 aliphatic rings. The molecule has 0 radical (unpaired) electrons. The first kappa shape index (κ1) is 35.2. The Morgan fingerprint density at radius 2 is 1.45 bits per heavy atom. The van der Waals surface area contributed by atoms with E-state index in [4.69, 9.17) is 23.9 Å². The fourth-order valence-corrected chi connectivity index (χ4v) is 5.09. The zero-order valence-corrected chi connectivity index (χ0v) is 29.0. The summed E-state index contributed by atoms with van der Waals surface area (Å²) >= 11 is 0. The van der Waals surface area contributed by atoms with Crippen LogP contribution in [0.1, 0.15) is 86.8 Å². The van der Waals surface area contributed by atoms with Crippen molar-refractivity contribution < 1.29 is 38.1 Å². The van der Waals surface area contributed by atoms with Crippen LogP contribution in [0, 0.1) is 0 Å². The Morgan fingerprint density at radius 3 is 1.96 bits per heavy atom. The minimum atomic E-state index is -0.978. The standard InChI is InChI=1S/C32H45N7O8/c1-30(2,3)45-27(41)37-18-19(12-13-23(37)26(40)44-11)22-14-24(38(28(42)46-31(4,5)6)29(43)47-32(7,8)9)39-25(35-22)21(16-34-39)20-15-33-36(10)17-20/h14-17,19,23H,12-13,18H2,1-11H3. The Kier molecular flexibility index (Phi) is 9.61. The summed E-state index contributed by atoms with van der Waals surface area (Å²) < 4.78 is 25.0. The lowest BCUT2D eigenvalue weighted by atomic mass is 9.90. The van der Waals surface area contributed by atoms with Crippen LogP contribution in [0.25, 0.3) is 16.8 Å². The van der Waals surface area contributed by atoms with E-state index in [1.165, 1.54) is 16.5 Å². The molecule has 4 heterocycles. The van der Waals surface area contributed by atoms with Gasteiger partial charge in [0.2, 0.25) is 0 Å². The number of fused-ring (bicyclic) bond motifs is 1. The van der Waals surface area contributed by atoms with Gasteiger partial charge in [-0.15, -0.1) is 0 Å². The highest BCUT2D eigenvalue weighted by molar-refractivity contribution is 6.09. The number of likely N-dealkylation sites (tertiary alicyclic amines) is 1. The largest absolute Gasteiger partial charge is 0.467 e. The van der Waals surface area contributed by atoms with Gasteiger partial charge in [0.1, 0.15) is 22.8 Å². The van der Waals surface area contributed by atoms with Gasteiger partial charge in [-0.1, -0.05) is 0 Å². The van der Waals surface area contributed by atoms with Gasteiger partial charge in [0, 0.05) is 42.9 Å². The number of ether oxygens (including phenoxy) is 4. The Bertz CT molecular complexity index is 1630. The van der Waals surface area contributed by atoms with Gasteiger partial charge in [-0.2, -0.15) is 19.6 Å². The fourth-order valence-electron chi connectivity index (χ4n) is 5.09. The second kappa shape index (κ2) is 12.8. The lowest BCUT2D eigenvalue weighted by Crippen LogP contribution is -2.52. The number of methoxy groups -OCH3 is 1. The molecule has 0 aliphatic carbocycles. The van der Waals surface area contributed by atoms with Crippen molar-refractivity contribution in [2.45, 2.75) is 104 Å². The molecule has 0 spiro atoms. The van der Waals surface area contributed by atoms with E-state index in [1.807, 2.05) is 0 Å². The topological polar surface area (TPSA) is 160 Å². The molecule has 0 saturated carbocycles. The van der Waals surface area contributed by atoms with Crippen molar-refractivity contribution in [3.8, 4) is 11.1 Å². The van der Waals surface area contributed by atoms with Crippen LogP contribution in [-0.2, 0) is 30.8 Å². The number of carbonyl (C=O) groups is 4. The molecule has 3 aromatic rings. The summed E-state index contributed by atoms with van der Waals surface area (Å²) in [6.45, 7) is 15.4. The lowest BCUT2D eigenvalue weighted by molar-refractivity contribution is -0.148. The highest BCUT2D eigenvalue weighted by Gasteiger charge is 2.41. The predicted octanol–water partition coefficient (Wildman–Crippen LogP) is 5.46. The Morgan fingerprint density at radius 1 is 0.851 bits per heavy atom. The fraction of sp³-hybridized carbons (Fsp3) is 0.594. The smallest absolute Gasteiger partial charge is 0.425 e. The van der Waals surface area contributed by atoms with Gasteiger partial charge in [-0.05, 0) is 75.2 Å². The number of rotatable bonds is 4. The summed E-state index contributed by atoms with van der Waals surface area (Å²) in [7, 11) is 3.04. The number of anilines is 1. The average molecular weight is 656 g/mol. The highest BCUT2D eigenvalue weighted by atomic mass is 16.6. The maximum Gasteiger partial charge on any atom is 0.425 e. The molecule has 256 valence electrons. The van der Waals surface area contributed by atoms with Gasteiger partial charge < -0.3 is 18.9 Å². The van der Waals surface area contributed by atoms with Gasteiger partial charge in [0.15, 0.2) is 11.5 Å². The molecule has 15 nitrogen and oxygen atoms in total. The maximum absolute atomic E-state index is 13.7. The van der Waals surface area contributed by atoms with E-state index < -0.39 is 53.0 Å². The van der Waals surface area contributed by atoms with Gasteiger partial charge in [-0.3, -0.25) is 9.58 Å². The van der Waals surface area contributed by atoms with E-state index in [-0.39, 0.29) is 18.8 Å². The van der Waals surface area contributed by atoms with Gasteiger partial charge >= 0.3 is 24.2 Å². The summed E-state index contributed by atoms with van der Waals surface area (Å²) in [5.41, 5.74) is -0.666. The van der Waals surface area contributed by atoms with Crippen molar-refractivity contribution in [3.05, 3.63) is 30.4 Å². The van der Waals surface area contributed by atoms with Crippen LogP contribution in [0.3, 0.4) is 0 Å². The number of aryl methyl sites for hydroxylation is 1. The Balaban J connectivity index is 1.91. The van der Waals surface area contributed by atoms with E-state index in [0.29, 0.717) is 28.9 Å². The summed E-state index contributed by atoms with van der Waals surface area (Å²) in [5.74, 6) is -0.986. The van der Waals surface area contributed by atoms with Crippen molar-refractivity contribution in [1.82, 2.24) is 29.3 Å². The number of esters is 1. The molecule has 3 aromatic heterocycles. The van der Waals surface area contributed by atoms with Crippen LogP contribution in [0.5, 0.6) is 0 Å². The Labute approximate surface area is 274 Å². The molecule has 0 N–H and O–H groups in total. The third-order valence-electron chi connectivity index (χ3n) is 6.97. The first-order valence-corrected chi connectivity index (χ1v) is 15.4. The van der Waals surface area contributed by atoms with Crippen molar-refractivity contribution in [2.24, 2.45) is 7.05 Å². The summed E-state index contributed by atoms with van der Waals surface area (Å²) in [6, 6.07) is 0.687. The van der Waals surface area contributed by atoms with Gasteiger partial charge in [0.25, 0.3) is 0 Å². The molecule has 0 bridgehead atoms. The molecule has 1 saturated heterocycles. The average Bonchev–Trinajstić information content (AvgIpc) is 3.55. The number of amides is 3. The summed E-state index contributed by atoms with van der Waals surface area (Å²) in [6.07, 6.45) is 3.06. The SMILES string of the molecule is COC(=O)C1CCC(c2cc(N(C(=O)OC(C)(C)C)C(=O)OC(C)(C)C)n3ncc(-c4cnn(C)c4)c3n2)CN1C(=O)OC(C)(C)C. The van der Waals surface area contributed by atoms with E-state index in [2.05, 4.69) is 10.2 Å². The molecular formula is C32H45N7O8. The molecule has 4 rings (SSSR count). The van der Waals surface area contributed by atoms with E-state index >= 15 is 0 Å². The second-order valence-electron chi connectivity index (χ2n) is 14.5. The van der Waals surface area contributed by atoms with E-state index in [9.17, 15) is 19.2 Å². The van der Waals surface area contributed by atoms with Crippen LogP contribution in [0.15, 0.2) is 24.7 Å². The van der Waals surface area contributed by atoms with Gasteiger partial charge in [0.05, 0.1) is 25.2 Å². The third kappa shape index (κ3) is 8.37. The monoisotopic (exact) mass is 655 g/mol. The molecule has 15 heteroatoms. The Hall–Kier alpha value is -4.69.